The first kappa shape index (κ1) is 27.6. The van der Waals surface area contributed by atoms with Gasteiger partial charge in [0.2, 0.25) is 0 Å². The van der Waals surface area contributed by atoms with Crippen LogP contribution in [0.2, 0.25) is 0 Å². The molecule has 0 aliphatic heterocycles. The van der Waals surface area contributed by atoms with Gasteiger partial charge < -0.3 is 14.5 Å². The maximum Gasteiger partial charge on any atom is 0.156 e. The van der Waals surface area contributed by atoms with Crippen LogP contribution in [0.4, 0.5) is 0 Å². The summed E-state index contributed by atoms with van der Waals surface area (Å²) in [7, 11) is 9.97. The first-order chi connectivity index (χ1) is 17.3. The lowest BCUT2D eigenvalue weighted by Crippen LogP contribution is -2.25. The van der Waals surface area contributed by atoms with Gasteiger partial charge in [0.05, 0.1) is 7.11 Å². The quantitative estimate of drug-likeness (QED) is 0.534. The maximum absolute atomic E-state index is 11.7. The lowest BCUT2D eigenvalue weighted by Gasteiger charge is -2.27. The molecule has 0 saturated heterocycles. The van der Waals surface area contributed by atoms with E-state index in [4.69, 9.17) is 4.74 Å². The van der Waals surface area contributed by atoms with Crippen molar-refractivity contribution in [1.82, 2.24) is 9.80 Å². The van der Waals surface area contributed by atoms with E-state index in [9.17, 15) is 9.59 Å². The van der Waals surface area contributed by atoms with Crippen LogP contribution >= 0.6 is 0 Å². The molecule has 0 fully saturated rings. The third kappa shape index (κ3) is 8.00. The number of allylic oxidation sites excluding steroid dienone is 2. The smallest absolute Gasteiger partial charge is 0.156 e. The van der Waals surface area contributed by atoms with Gasteiger partial charge in [-0.05, 0) is 99.4 Å². The molecule has 0 spiro atoms. The molecule has 2 atom stereocenters. The number of methoxy groups -OCH3 is 1. The number of ketones is 2. The van der Waals surface area contributed by atoms with Gasteiger partial charge in [0.25, 0.3) is 0 Å². The highest BCUT2D eigenvalue weighted by Crippen LogP contribution is 2.33. The molecule has 0 heterocycles. The number of benzene rings is 2. The van der Waals surface area contributed by atoms with Crippen molar-refractivity contribution in [1.29, 1.82) is 0 Å². The molecule has 2 unspecified atom stereocenters. The molecule has 0 bridgehead atoms. The summed E-state index contributed by atoms with van der Waals surface area (Å²) in [5, 5.41) is 0. The maximum atomic E-state index is 11.7. The summed E-state index contributed by atoms with van der Waals surface area (Å²) < 4.78 is 5.27. The topological polar surface area (TPSA) is 49.9 Å². The predicted octanol–water partition coefficient (Wildman–Crippen LogP) is 5.23. The van der Waals surface area contributed by atoms with E-state index in [0.717, 1.165) is 42.8 Å². The monoisotopic (exact) mass is 488 g/mol. The van der Waals surface area contributed by atoms with Crippen molar-refractivity contribution >= 4 is 22.7 Å². The van der Waals surface area contributed by atoms with E-state index >= 15 is 0 Å². The van der Waals surface area contributed by atoms with Crippen LogP contribution in [0.3, 0.4) is 0 Å². The summed E-state index contributed by atoms with van der Waals surface area (Å²) in [4.78, 5) is 27.7. The van der Waals surface area contributed by atoms with Crippen molar-refractivity contribution in [2.45, 2.75) is 25.7 Å². The van der Waals surface area contributed by atoms with Gasteiger partial charge in [-0.1, -0.05) is 42.5 Å². The van der Waals surface area contributed by atoms with Crippen LogP contribution in [0.15, 0.2) is 66.7 Å². The molecular weight excluding hydrogens is 448 g/mol. The van der Waals surface area contributed by atoms with Gasteiger partial charge in [0.1, 0.15) is 5.75 Å². The highest BCUT2D eigenvalue weighted by molar-refractivity contribution is 5.99. The lowest BCUT2D eigenvalue weighted by molar-refractivity contribution is -0.115. The van der Waals surface area contributed by atoms with E-state index in [1.54, 1.807) is 7.11 Å². The molecule has 0 saturated carbocycles. The first-order valence-corrected chi connectivity index (χ1v) is 12.7. The molecule has 2 aliphatic carbocycles. The fourth-order valence-electron chi connectivity index (χ4n) is 5.00. The van der Waals surface area contributed by atoms with Crippen LogP contribution in [0.5, 0.6) is 5.75 Å². The average Bonchev–Trinajstić information content (AvgIpc) is 2.86. The van der Waals surface area contributed by atoms with Gasteiger partial charge in [-0.3, -0.25) is 9.59 Å². The molecule has 0 N–H and O–H groups in total. The fourth-order valence-corrected chi connectivity index (χ4v) is 5.00. The first-order valence-electron chi connectivity index (χ1n) is 12.7. The van der Waals surface area contributed by atoms with Gasteiger partial charge >= 0.3 is 0 Å². The molecule has 2 aromatic rings. The van der Waals surface area contributed by atoms with Crippen LogP contribution in [0.25, 0.3) is 11.1 Å². The fraction of sp³-hybridized carbons (Fsp3) is 0.419. The van der Waals surface area contributed by atoms with Gasteiger partial charge in [0, 0.05) is 25.9 Å². The predicted molar refractivity (Wildman–Crippen MR) is 148 cm³/mol. The van der Waals surface area contributed by atoms with Crippen molar-refractivity contribution in [2.24, 2.45) is 11.8 Å². The second-order valence-electron chi connectivity index (χ2n) is 10.2. The Kier molecular flexibility index (Phi) is 10.2. The van der Waals surface area contributed by atoms with Gasteiger partial charge in [-0.25, -0.2) is 0 Å². The van der Waals surface area contributed by atoms with Gasteiger partial charge in [-0.2, -0.15) is 0 Å². The van der Waals surface area contributed by atoms with E-state index in [-0.39, 0.29) is 11.6 Å². The molecule has 2 aliphatic rings. The number of rotatable bonds is 7. The van der Waals surface area contributed by atoms with E-state index in [1.165, 1.54) is 11.1 Å². The highest BCUT2D eigenvalue weighted by Gasteiger charge is 2.24. The van der Waals surface area contributed by atoms with Crippen molar-refractivity contribution in [3.8, 4) is 5.75 Å². The molecule has 0 radical (unpaired) electrons. The number of carbonyl (C=O) groups excluding carboxylic acids is 2. The summed E-state index contributed by atoms with van der Waals surface area (Å²) in [6, 6.07) is 18.2. The minimum Gasteiger partial charge on any atom is -0.497 e. The average molecular weight is 489 g/mol. The van der Waals surface area contributed by atoms with Crippen LogP contribution in [-0.2, 0) is 9.59 Å². The Balaban J connectivity index is 0.000000202. The Bertz CT molecular complexity index is 1090. The third-order valence-corrected chi connectivity index (χ3v) is 6.67. The minimum absolute atomic E-state index is 0.229. The Labute approximate surface area is 216 Å². The summed E-state index contributed by atoms with van der Waals surface area (Å²) in [6.45, 7) is 1.98. The molecule has 5 nitrogen and oxygen atoms in total. The standard InChI is InChI=1S/C16H21NO2.C15H19NO/c1-17(2)11-13-7-8-14(18)10-16(13)12-5-4-6-15(9-12)19-3;1-16(2)11-13-8-9-14(17)10-15(13)12-6-4-3-5-7-12/h4-6,9-10,13H,7-8,11H2,1-3H3;3-7,10,13H,8-9,11H2,1-2H3. The molecule has 0 amide bonds. The Morgan fingerprint density at radius 2 is 1.22 bits per heavy atom. The normalized spacial score (nSPS) is 20.0. The molecule has 2 aromatic carbocycles. The molecule has 192 valence electrons. The summed E-state index contributed by atoms with van der Waals surface area (Å²) in [5.41, 5.74) is 4.63. The van der Waals surface area contributed by atoms with E-state index in [1.807, 2.05) is 48.6 Å². The second-order valence-corrected chi connectivity index (χ2v) is 10.2. The number of ether oxygens (including phenoxy) is 1. The highest BCUT2D eigenvalue weighted by atomic mass is 16.5. The van der Waals surface area contributed by atoms with E-state index in [2.05, 4.69) is 56.2 Å². The summed E-state index contributed by atoms with van der Waals surface area (Å²) >= 11 is 0. The van der Waals surface area contributed by atoms with Gasteiger partial charge in [0.15, 0.2) is 11.6 Å². The van der Waals surface area contributed by atoms with Crippen molar-refractivity contribution < 1.29 is 14.3 Å². The molecule has 36 heavy (non-hydrogen) atoms. The van der Waals surface area contributed by atoms with E-state index < -0.39 is 0 Å². The Morgan fingerprint density at radius 1 is 0.722 bits per heavy atom. The Morgan fingerprint density at radius 3 is 1.72 bits per heavy atom. The summed E-state index contributed by atoms with van der Waals surface area (Å²) in [6.07, 6.45) is 6.90. The largest absolute Gasteiger partial charge is 0.497 e. The van der Waals surface area contributed by atoms with E-state index in [0.29, 0.717) is 24.7 Å². The van der Waals surface area contributed by atoms with Crippen LogP contribution in [-0.4, -0.2) is 69.8 Å². The zero-order valence-corrected chi connectivity index (χ0v) is 22.4. The third-order valence-electron chi connectivity index (χ3n) is 6.67. The van der Waals surface area contributed by atoms with Crippen LogP contribution < -0.4 is 4.74 Å². The zero-order valence-electron chi connectivity index (χ0n) is 22.4. The lowest BCUT2D eigenvalue weighted by atomic mass is 9.83. The number of carbonyl (C=O) groups is 2. The van der Waals surface area contributed by atoms with Gasteiger partial charge in [-0.15, -0.1) is 0 Å². The van der Waals surface area contributed by atoms with Crippen molar-refractivity contribution in [3.05, 3.63) is 77.9 Å². The van der Waals surface area contributed by atoms with Crippen molar-refractivity contribution in [3.63, 3.8) is 0 Å². The molecule has 5 heteroatoms. The number of hydrogen-bond acceptors (Lipinski definition) is 5. The van der Waals surface area contributed by atoms with Crippen LogP contribution in [0, 0.1) is 11.8 Å². The number of nitrogens with zero attached hydrogens (tertiary/aromatic N) is 2. The van der Waals surface area contributed by atoms with Crippen LogP contribution in [0.1, 0.15) is 36.8 Å². The molecule has 0 aromatic heterocycles. The zero-order chi connectivity index (χ0) is 26.1. The molecular formula is C31H40N2O3. The second kappa shape index (κ2) is 13.3. The molecule has 4 rings (SSSR count). The number of hydrogen-bond donors (Lipinski definition) is 0. The summed E-state index contributed by atoms with van der Waals surface area (Å²) in [5.74, 6) is 2.22. The SMILES string of the molecule is CN(C)CC1CCC(=O)C=C1c1ccccc1.COc1cccc(C2=CC(=O)CCC2CN(C)C)c1. The Hall–Kier alpha value is -3.02. The minimum atomic E-state index is 0.229. The van der Waals surface area contributed by atoms with Crippen molar-refractivity contribution in [2.75, 3.05) is 48.4 Å².